The van der Waals surface area contributed by atoms with Crippen LogP contribution in [0.5, 0.6) is 0 Å². The quantitative estimate of drug-likeness (QED) is 0.902. The third-order valence-corrected chi connectivity index (χ3v) is 2.48. The standard InChI is InChI=1S/C15H19N5O2/c1-15(2,3)22-14(21)20-13-5-4-11(9-19-13)18-10-12-8-16-6-7-17-12/h4-9,18H,10H2,1-3H3,(H,19,20,21). The van der Waals surface area contributed by atoms with Gasteiger partial charge in [0.1, 0.15) is 11.4 Å². The number of nitrogens with zero attached hydrogens (tertiary/aromatic N) is 3. The van der Waals surface area contributed by atoms with E-state index in [0.29, 0.717) is 12.4 Å². The summed E-state index contributed by atoms with van der Waals surface area (Å²) in [5, 5.41) is 5.75. The van der Waals surface area contributed by atoms with Crippen LogP contribution in [0, 0.1) is 0 Å². The summed E-state index contributed by atoms with van der Waals surface area (Å²) < 4.78 is 5.16. The van der Waals surface area contributed by atoms with Crippen molar-refractivity contribution in [3.05, 3.63) is 42.6 Å². The van der Waals surface area contributed by atoms with Gasteiger partial charge >= 0.3 is 6.09 Å². The van der Waals surface area contributed by atoms with E-state index < -0.39 is 11.7 Å². The highest BCUT2D eigenvalue weighted by molar-refractivity contribution is 5.83. The van der Waals surface area contributed by atoms with Gasteiger partial charge in [0.05, 0.1) is 30.3 Å². The third-order valence-electron chi connectivity index (χ3n) is 2.48. The van der Waals surface area contributed by atoms with Gasteiger partial charge in [-0.1, -0.05) is 0 Å². The molecule has 0 unspecified atom stereocenters. The summed E-state index contributed by atoms with van der Waals surface area (Å²) in [6.07, 6.45) is 6.06. The van der Waals surface area contributed by atoms with Crippen LogP contribution in [-0.2, 0) is 11.3 Å². The molecule has 0 aromatic carbocycles. The van der Waals surface area contributed by atoms with Gasteiger partial charge in [-0.2, -0.15) is 0 Å². The molecule has 0 atom stereocenters. The van der Waals surface area contributed by atoms with E-state index in [1.54, 1.807) is 51.6 Å². The molecule has 116 valence electrons. The average molecular weight is 301 g/mol. The number of nitrogens with one attached hydrogen (secondary N) is 2. The molecule has 0 spiro atoms. The lowest BCUT2D eigenvalue weighted by atomic mass is 10.2. The van der Waals surface area contributed by atoms with Gasteiger partial charge in [-0.3, -0.25) is 15.3 Å². The zero-order valence-corrected chi connectivity index (χ0v) is 12.8. The Kier molecular flexibility index (Phi) is 4.88. The fraction of sp³-hybridized carbons (Fsp3) is 0.333. The maximum atomic E-state index is 11.6. The molecule has 0 aliphatic carbocycles. The first kappa shape index (κ1) is 15.7. The Morgan fingerprint density at radius 2 is 2.00 bits per heavy atom. The minimum atomic E-state index is -0.539. The number of aromatic nitrogens is 3. The Morgan fingerprint density at radius 1 is 1.18 bits per heavy atom. The molecule has 0 aliphatic rings. The van der Waals surface area contributed by atoms with Crippen molar-refractivity contribution in [3.63, 3.8) is 0 Å². The lowest BCUT2D eigenvalue weighted by Gasteiger charge is -2.19. The van der Waals surface area contributed by atoms with E-state index in [1.165, 1.54) is 0 Å². The molecule has 2 aromatic rings. The van der Waals surface area contributed by atoms with Crippen LogP contribution in [-0.4, -0.2) is 26.6 Å². The molecule has 2 aromatic heterocycles. The number of anilines is 2. The Balaban J connectivity index is 1.86. The second kappa shape index (κ2) is 6.84. The normalized spacial score (nSPS) is 10.9. The van der Waals surface area contributed by atoms with Crippen molar-refractivity contribution in [1.29, 1.82) is 0 Å². The van der Waals surface area contributed by atoms with Gasteiger partial charge in [0.15, 0.2) is 0 Å². The predicted octanol–water partition coefficient (Wildman–Crippen LogP) is 2.83. The Labute approximate surface area is 129 Å². The predicted molar refractivity (Wildman–Crippen MR) is 83.5 cm³/mol. The maximum absolute atomic E-state index is 11.6. The minimum Gasteiger partial charge on any atom is -0.444 e. The van der Waals surface area contributed by atoms with Crippen molar-refractivity contribution in [2.75, 3.05) is 10.6 Å². The second-order valence-corrected chi connectivity index (χ2v) is 5.61. The van der Waals surface area contributed by atoms with Crippen molar-refractivity contribution >= 4 is 17.6 Å². The molecule has 22 heavy (non-hydrogen) atoms. The zero-order valence-electron chi connectivity index (χ0n) is 12.8. The van der Waals surface area contributed by atoms with E-state index in [1.807, 2.05) is 6.07 Å². The van der Waals surface area contributed by atoms with Gasteiger partial charge in [0, 0.05) is 12.4 Å². The van der Waals surface area contributed by atoms with Crippen molar-refractivity contribution < 1.29 is 9.53 Å². The molecular weight excluding hydrogens is 282 g/mol. The first-order chi connectivity index (χ1) is 10.4. The van der Waals surface area contributed by atoms with Crippen LogP contribution in [0.15, 0.2) is 36.9 Å². The molecule has 2 heterocycles. The van der Waals surface area contributed by atoms with Crippen molar-refractivity contribution in [2.45, 2.75) is 32.9 Å². The van der Waals surface area contributed by atoms with E-state index in [0.717, 1.165) is 11.4 Å². The van der Waals surface area contributed by atoms with E-state index in [4.69, 9.17) is 4.74 Å². The van der Waals surface area contributed by atoms with Crippen molar-refractivity contribution in [3.8, 4) is 0 Å². The summed E-state index contributed by atoms with van der Waals surface area (Å²) in [5.41, 5.74) is 1.11. The summed E-state index contributed by atoms with van der Waals surface area (Å²) >= 11 is 0. The van der Waals surface area contributed by atoms with Gasteiger partial charge in [0.2, 0.25) is 0 Å². The summed E-state index contributed by atoms with van der Waals surface area (Å²) in [6, 6.07) is 3.51. The average Bonchev–Trinajstić information content (AvgIpc) is 2.45. The number of amides is 1. The van der Waals surface area contributed by atoms with Gasteiger partial charge in [-0.05, 0) is 32.9 Å². The van der Waals surface area contributed by atoms with Crippen molar-refractivity contribution in [1.82, 2.24) is 15.0 Å². The Bertz CT molecular complexity index is 608. The van der Waals surface area contributed by atoms with Crippen LogP contribution in [0.25, 0.3) is 0 Å². The lowest BCUT2D eigenvalue weighted by Crippen LogP contribution is -2.27. The van der Waals surface area contributed by atoms with Crippen LogP contribution in [0.4, 0.5) is 16.3 Å². The summed E-state index contributed by atoms with van der Waals surface area (Å²) in [6.45, 7) is 5.97. The second-order valence-electron chi connectivity index (χ2n) is 5.61. The van der Waals surface area contributed by atoms with Crippen LogP contribution in [0.2, 0.25) is 0 Å². The van der Waals surface area contributed by atoms with Crippen molar-refractivity contribution in [2.24, 2.45) is 0 Å². The molecule has 0 aliphatic heterocycles. The van der Waals surface area contributed by atoms with Gasteiger partial charge < -0.3 is 10.1 Å². The van der Waals surface area contributed by atoms with E-state index in [-0.39, 0.29) is 0 Å². The minimum absolute atomic E-state index is 0.430. The molecule has 1 amide bonds. The van der Waals surface area contributed by atoms with Crippen LogP contribution < -0.4 is 10.6 Å². The topological polar surface area (TPSA) is 89.0 Å². The van der Waals surface area contributed by atoms with Gasteiger partial charge in [-0.15, -0.1) is 0 Å². The lowest BCUT2D eigenvalue weighted by molar-refractivity contribution is 0.0635. The summed E-state index contributed by atoms with van der Waals surface area (Å²) in [5.74, 6) is 0.430. The molecule has 0 saturated carbocycles. The first-order valence-electron chi connectivity index (χ1n) is 6.87. The smallest absolute Gasteiger partial charge is 0.413 e. The molecular formula is C15H19N5O2. The van der Waals surface area contributed by atoms with E-state index in [9.17, 15) is 4.79 Å². The molecule has 2 rings (SSSR count). The number of ether oxygens (including phenoxy) is 1. The number of pyridine rings is 1. The monoisotopic (exact) mass is 301 g/mol. The Hall–Kier alpha value is -2.70. The summed E-state index contributed by atoms with van der Waals surface area (Å²) in [4.78, 5) is 23.9. The maximum Gasteiger partial charge on any atom is 0.413 e. The van der Waals surface area contributed by atoms with Crippen LogP contribution >= 0.6 is 0 Å². The number of carbonyl (C=O) groups excluding carboxylic acids is 1. The fourth-order valence-electron chi connectivity index (χ4n) is 1.59. The number of hydrogen-bond donors (Lipinski definition) is 2. The molecule has 7 heteroatoms. The number of carbonyl (C=O) groups is 1. The molecule has 2 N–H and O–H groups in total. The van der Waals surface area contributed by atoms with Crippen LogP contribution in [0.1, 0.15) is 26.5 Å². The fourth-order valence-corrected chi connectivity index (χ4v) is 1.59. The zero-order chi connectivity index (χ0) is 16.0. The highest BCUT2D eigenvalue weighted by Gasteiger charge is 2.16. The van der Waals surface area contributed by atoms with Gasteiger partial charge in [0.25, 0.3) is 0 Å². The molecule has 0 saturated heterocycles. The molecule has 0 bridgehead atoms. The summed E-state index contributed by atoms with van der Waals surface area (Å²) in [7, 11) is 0. The van der Waals surface area contributed by atoms with Gasteiger partial charge in [-0.25, -0.2) is 9.78 Å². The largest absolute Gasteiger partial charge is 0.444 e. The molecule has 0 fully saturated rings. The number of rotatable bonds is 4. The third kappa shape index (κ3) is 5.35. The highest BCUT2D eigenvalue weighted by Crippen LogP contribution is 2.13. The Morgan fingerprint density at radius 3 is 2.59 bits per heavy atom. The molecule has 7 nitrogen and oxygen atoms in total. The first-order valence-corrected chi connectivity index (χ1v) is 6.87. The highest BCUT2D eigenvalue weighted by atomic mass is 16.6. The SMILES string of the molecule is CC(C)(C)OC(=O)Nc1ccc(NCc2cnccn2)cn1. The van der Waals surface area contributed by atoms with E-state index in [2.05, 4.69) is 25.6 Å². The van der Waals surface area contributed by atoms with E-state index >= 15 is 0 Å². The number of hydrogen-bond acceptors (Lipinski definition) is 6. The van der Waals surface area contributed by atoms with Crippen LogP contribution in [0.3, 0.4) is 0 Å². The molecule has 0 radical (unpaired) electrons.